The van der Waals surface area contributed by atoms with Crippen LogP contribution >= 0.6 is 0 Å². The Morgan fingerprint density at radius 2 is 1.52 bits per heavy atom. The number of nitrogens with two attached hydrogens (primary N) is 1. The van der Waals surface area contributed by atoms with Crippen LogP contribution in [-0.2, 0) is 5.54 Å². The third-order valence-corrected chi connectivity index (χ3v) is 3.72. The second-order valence-electron chi connectivity index (χ2n) is 5.27. The molecule has 2 aromatic rings. The Bertz CT molecular complexity index is 631. The van der Waals surface area contributed by atoms with Crippen molar-refractivity contribution in [2.45, 2.75) is 19.4 Å². The van der Waals surface area contributed by atoms with E-state index >= 15 is 0 Å². The lowest BCUT2D eigenvalue weighted by Crippen LogP contribution is -2.34. The van der Waals surface area contributed by atoms with Crippen LogP contribution in [0, 0.1) is 12.7 Å². The lowest BCUT2D eigenvalue weighted by molar-refractivity contribution is 0.391. The van der Waals surface area contributed by atoms with E-state index in [0.717, 1.165) is 5.56 Å². The minimum atomic E-state index is -0.851. The number of ether oxygens (including phenoxy) is 2. The molecule has 21 heavy (non-hydrogen) atoms. The van der Waals surface area contributed by atoms with Crippen molar-refractivity contribution in [1.29, 1.82) is 0 Å². The maximum absolute atomic E-state index is 13.8. The first kappa shape index (κ1) is 15.3. The summed E-state index contributed by atoms with van der Waals surface area (Å²) in [6.07, 6.45) is 0. The van der Waals surface area contributed by atoms with Gasteiger partial charge >= 0.3 is 0 Å². The Labute approximate surface area is 124 Å². The topological polar surface area (TPSA) is 44.5 Å². The molecule has 0 radical (unpaired) electrons. The molecule has 0 aliphatic heterocycles. The first-order chi connectivity index (χ1) is 9.88. The van der Waals surface area contributed by atoms with Crippen molar-refractivity contribution in [3.63, 3.8) is 0 Å². The molecule has 0 aliphatic carbocycles. The van der Waals surface area contributed by atoms with Gasteiger partial charge in [0.05, 0.1) is 19.8 Å². The molecule has 0 spiro atoms. The van der Waals surface area contributed by atoms with Crippen LogP contribution in [0.2, 0.25) is 0 Å². The molecule has 0 aromatic heterocycles. The molecule has 3 nitrogen and oxygen atoms in total. The number of rotatable bonds is 4. The minimum absolute atomic E-state index is 0.265. The maximum atomic E-state index is 13.8. The molecular formula is C17H20FNO2. The van der Waals surface area contributed by atoms with Crippen LogP contribution in [0.15, 0.2) is 36.4 Å². The van der Waals surface area contributed by atoms with Crippen LogP contribution in [-0.4, -0.2) is 14.2 Å². The van der Waals surface area contributed by atoms with E-state index in [0.29, 0.717) is 22.6 Å². The molecule has 0 saturated heterocycles. The Morgan fingerprint density at radius 3 is 2.00 bits per heavy atom. The van der Waals surface area contributed by atoms with Gasteiger partial charge in [-0.2, -0.15) is 0 Å². The number of benzene rings is 2. The number of halogens is 1. The van der Waals surface area contributed by atoms with Crippen LogP contribution in [0.1, 0.15) is 23.6 Å². The van der Waals surface area contributed by atoms with Crippen molar-refractivity contribution in [3.05, 3.63) is 58.9 Å². The predicted molar refractivity (Wildman–Crippen MR) is 81.3 cm³/mol. The van der Waals surface area contributed by atoms with Crippen molar-refractivity contribution < 1.29 is 13.9 Å². The first-order valence-electron chi connectivity index (χ1n) is 6.67. The van der Waals surface area contributed by atoms with Crippen LogP contribution in [0.3, 0.4) is 0 Å². The minimum Gasteiger partial charge on any atom is -0.497 e. The number of hydrogen-bond donors (Lipinski definition) is 1. The molecule has 2 N–H and O–H groups in total. The molecule has 0 bridgehead atoms. The smallest absolute Gasteiger partial charge is 0.126 e. The molecule has 0 fully saturated rings. The molecule has 4 heteroatoms. The molecule has 1 unspecified atom stereocenters. The zero-order chi connectivity index (χ0) is 15.6. The molecule has 0 aliphatic rings. The van der Waals surface area contributed by atoms with E-state index in [1.807, 2.05) is 25.1 Å². The van der Waals surface area contributed by atoms with Crippen molar-refractivity contribution in [1.82, 2.24) is 0 Å². The Balaban J connectivity index is 2.54. The van der Waals surface area contributed by atoms with Crippen LogP contribution in [0.25, 0.3) is 0 Å². The molecule has 112 valence electrons. The van der Waals surface area contributed by atoms with Crippen LogP contribution < -0.4 is 15.2 Å². The monoisotopic (exact) mass is 289 g/mol. The van der Waals surface area contributed by atoms with Crippen molar-refractivity contribution in [2.24, 2.45) is 5.73 Å². The van der Waals surface area contributed by atoms with E-state index in [2.05, 4.69) is 0 Å². The summed E-state index contributed by atoms with van der Waals surface area (Å²) in [7, 11) is 3.16. The largest absolute Gasteiger partial charge is 0.497 e. The SMILES string of the molecule is COc1cc(OC)cc(C(C)(N)c2ccc(C)c(F)c2)c1. The lowest BCUT2D eigenvalue weighted by Gasteiger charge is -2.27. The van der Waals surface area contributed by atoms with E-state index in [4.69, 9.17) is 15.2 Å². The highest BCUT2D eigenvalue weighted by Gasteiger charge is 2.26. The number of hydrogen-bond acceptors (Lipinski definition) is 3. The predicted octanol–water partition coefficient (Wildman–Crippen LogP) is 3.37. The highest BCUT2D eigenvalue weighted by Crippen LogP contribution is 2.33. The quantitative estimate of drug-likeness (QED) is 0.938. The Hall–Kier alpha value is -2.07. The summed E-state index contributed by atoms with van der Waals surface area (Å²) < 4.78 is 24.3. The van der Waals surface area contributed by atoms with Gasteiger partial charge in [-0.3, -0.25) is 0 Å². The second-order valence-corrected chi connectivity index (χ2v) is 5.27. The maximum Gasteiger partial charge on any atom is 0.126 e. The summed E-state index contributed by atoms with van der Waals surface area (Å²) in [6.45, 7) is 3.56. The summed E-state index contributed by atoms with van der Waals surface area (Å²) in [5, 5.41) is 0. The van der Waals surface area contributed by atoms with Crippen molar-refractivity contribution >= 4 is 0 Å². The van der Waals surface area contributed by atoms with Gasteiger partial charge in [-0.1, -0.05) is 12.1 Å². The van der Waals surface area contributed by atoms with Crippen LogP contribution in [0.5, 0.6) is 11.5 Å². The summed E-state index contributed by atoms with van der Waals surface area (Å²) in [6, 6.07) is 10.5. The van der Waals surface area contributed by atoms with Gasteiger partial charge in [0.15, 0.2) is 0 Å². The normalized spacial score (nSPS) is 13.6. The van der Waals surface area contributed by atoms with E-state index in [1.165, 1.54) is 6.07 Å². The van der Waals surface area contributed by atoms with E-state index in [9.17, 15) is 4.39 Å². The third-order valence-electron chi connectivity index (χ3n) is 3.72. The fraction of sp³-hybridized carbons (Fsp3) is 0.294. The van der Waals surface area contributed by atoms with E-state index in [1.54, 1.807) is 33.3 Å². The van der Waals surface area contributed by atoms with Gasteiger partial charge in [0.25, 0.3) is 0 Å². The zero-order valence-electron chi connectivity index (χ0n) is 12.7. The Kier molecular flexibility index (Phi) is 4.19. The van der Waals surface area contributed by atoms with Gasteiger partial charge in [0.1, 0.15) is 17.3 Å². The molecule has 0 amide bonds. The van der Waals surface area contributed by atoms with Gasteiger partial charge in [0, 0.05) is 6.07 Å². The van der Waals surface area contributed by atoms with Gasteiger partial charge in [0.2, 0.25) is 0 Å². The average Bonchev–Trinajstić information content (AvgIpc) is 2.49. The Morgan fingerprint density at radius 1 is 0.952 bits per heavy atom. The fourth-order valence-corrected chi connectivity index (χ4v) is 2.19. The molecule has 0 saturated carbocycles. The summed E-state index contributed by atoms with van der Waals surface area (Å²) in [5.41, 5.74) is 7.68. The summed E-state index contributed by atoms with van der Waals surface area (Å²) in [5.74, 6) is 1.03. The van der Waals surface area contributed by atoms with Gasteiger partial charge in [-0.15, -0.1) is 0 Å². The summed E-state index contributed by atoms with van der Waals surface area (Å²) in [4.78, 5) is 0. The molecule has 1 atom stereocenters. The average molecular weight is 289 g/mol. The lowest BCUT2D eigenvalue weighted by atomic mass is 9.85. The van der Waals surface area contributed by atoms with E-state index in [-0.39, 0.29) is 5.82 Å². The third kappa shape index (κ3) is 3.00. The standard InChI is InChI=1S/C17H20FNO2/c1-11-5-6-12(9-16(11)18)17(2,19)13-7-14(20-3)10-15(8-13)21-4/h5-10H,19H2,1-4H3. The summed E-state index contributed by atoms with van der Waals surface area (Å²) >= 11 is 0. The molecule has 0 heterocycles. The van der Waals surface area contributed by atoms with Crippen molar-refractivity contribution in [2.75, 3.05) is 14.2 Å². The first-order valence-corrected chi connectivity index (χ1v) is 6.67. The van der Waals surface area contributed by atoms with Crippen molar-refractivity contribution in [3.8, 4) is 11.5 Å². The zero-order valence-corrected chi connectivity index (χ0v) is 12.7. The second kappa shape index (κ2) is 5.74. The fourth-order valence-electron chi connectivity index (χ4n) is 2.19. The highest BCUT2D eigenvalue weighted by molar-refractivity contribution is 5.46. The molecule has 2 aromatic carbocycles. The molecular weight excluding hydrogens is 269 g/mol. The van der Waals surface area contributed by atoms with Gasteiger partial charge < -0.3 is 15.2 Å². The number of aryl methyl sites for hydroxylation is 1. The van der Waals surface area contributed by atoms with Crippen LogP contribution in [0.4, 0.5) is 4.39 Å². The number of methoxy groups -OCH3 is 2. The molecule has 2 rings (SSSR count). The highest BCUT2D eigenvalue weighted by atomic mass is 19.1. The van der Waals surface area contributed by atoms with E-state index < -0.39 is 5.54 Å². The van der Waals surface area contributed by atoms with Gasteiger partial charge in [-0.05, 0) is 48.7 Å². The van der Waals surface area contributed by atoms with Gasteiger partial charge in [-0.25, -0.2) is 4.39 Å².